The summed E-state index contributed by atoms with van der Waals surface area (Å²) in [4.78, 5) is 8.23. The fourth-order valence-electron chi connectivity index (χ4n) is 2.91. The quantitative estimate of drug-likeness (QED) is 0.815. The number of nitrogens with zero attached hydrogens (tertiary/aromatic N) is 2. The van der Waals surface area contributed by atoms with Gasteiger partial charge in [-0.2, -0.15) is 0 Å². The lowest BCUT2D eigenvalue weighted by Gasteiger charge is -2.38. The molecule has 1 aliphatic heterocycles. The summed E-state index contributed by atoms with van der Waals surface area (Å²) in [6, 6.07) is 9.80. The number of aromatic nitrogens is 2. The van der Waals surface area contributed by atoms with E-state index in [1.54, 1.807) is 18.5 Å². The maximum absolute atomic E-state index is 6.19. The van der Waals surface area contributed by atoms with Crippen LogP contribution in [0.1, 0.15) is 18.4 Å². The molecule has 1 fully saturated rings. The van der Waals surface area contributed by atoms with Crippen molar-refractivity contribution in [1.29, 1.82) is 0 Å². The molecule has 0 aliphatic carbocycles. The van der Waals surface area contributed by atoms with Crippen LogP contribution >= 0.6 is 23.8 Å². The van der Waals surface area contributed by atoms with Crippen molar-refractivity contribution in [2.24, 2.45) is 0 Å². The van der Waals surface area contributed by atoms with Gasteiger partial charge in [-0.3, -0.25) is 0 Å². The molecule has 1 saturated heterocycles. The number of benzene rings is 1. The van der Waals surface area contributed by atoms with Crippen molar-refractivity contribution in [2.75, 3.05) is 25.1 Å². The predicted molar refractivity (Wildman–Crippen MR) is 99.4 cm³/mol. The Morgan fingerprint density at radius 3 is 2.67 bits per heavy atom. The van der Waals surface area contributed by atoms with Crippen LogP contribution in [0.4, 0.5) is 5.95 Å². The van der Waals surface area contributed by atoms with Crippen molar-refractivity contribution in [1.82, 2.24) is 15.3 Å². The molecule has 3 rings (SSSR count). The van der Waals surface area contributed by atoms with Crippen LogP contribution in [0.2, 0.25) is 5.02 Å². The minimum absolute atomic E-state index is 0.0492. The van der Waals surface area contributed by atoms with Crippen LogP contribution in [-0.4, -0.2) is 34.8 Å². The monoisotopic (exact) mass is 362 g/mol. The molecule has 1 aromatic heterocycles. The summed E-state index contributed by atoms with van der Waals surface area (Å²) in [5.41, 5.74) is 1.16. The van der Waals surface area contributed by atoms with E-state index < -0.39 is 0 Å². The van der Waals surface area contributed by atoms with Gasteiger partial charge in [-0.05, 0) is 48.8 Å². The summed E-state index contributed by atoms with van der Waals surface area (Å²) in [7, 11) is 0. The molecule has 2 N–H and O–H groups in total. The standard InChI is InChI=1S/C17H19ClN4OS/c18-14-4-1-3-13(11-14)17(5-9-23-10-6-17)12-21-16(24)22-15-19-7-2-8-20-15/h1-4,7-8,11H,5-6,9-10,12H2,(H2,19,20,21,22,24). The summed E-state index contributed by atoms with van der Waals surface area (Å²) in [6.07, 6.45) is 5.18. The number of anilines is 1. The molecular weight excluding hydrogens is 344 g/mol. The van der Waals surface area contributed by atoms with Gasteiger partial charge in [0.15, 0.2) is 5.11 Å². The highest BCUT2D eigenvalue weighted by molar-refractivity contribution is 7.80. The Bertz CT molecular complexity index is 692. The van der Waals surface area contributed by atoms with Crippen molar-refractivity contribution in [3.05, 3.63) is 53.3 Å². The van der Waals surface area contributed by atoms with Gasteiger partial charge in [-0.1, -0.05) is 23.7 Å². The highest BCUT2D eigenvalue weighted by atomic mass is 35.5. The summed E-state index contributed by atoms with van der Waals surface area (Å²) >= 11 is 11.6. The Morgan fingerprint density at radius 2 is 1.96 bits per heavy atom. The lowest BCUT2D eigenvalue weighted by Crippen LogP contribution is -2.45. The van der Waals surface area contributed by atoms with Crippen molar-refractivity contribution in [3.63, 3.8) is 0 Å². The summed E-state index contributed by atoms with van der Waals surface area (Å²) in [5, 5.41) is 7.56. The predicted octanol–water partition coefficient (Wildman–Crippen LogP) is 3.16. The zero-order valence-electron chi connectivity index (χ0n) is 13.2. The lowest BCUT2D eigenvalue weighted by molar-refractivity contribution is 0.0515. The zero-order chi connectivity index (χ0) is 16.8. The lowest BCUT2D eigenvalue weighted by atomic mass is 9.74. The van der Waals surface area contributed by atoms with Gasteiger partial charge in [0.2, 0.25) is 5.95 Å². The Morgan fingerprint density at radius 1 is 1.21 bits per heavy atom. The van der Waals surface area contributed by atoms with Crippen LogP contribution in [0.25, 0.3) is 0 Å². The number of ether oxygens (including phenoxy) is 1. The number of hydrogen-bond acceptors (Lipinski definition) is 4. The fraction of sp³-hybridized carbons (Fsp3) is 0.353. The molecule has 7 heteroatoms. The van der Waals surface area contributed by atoms with Crippen LogP contribution in [-0.2, 0) is 10.2 Å². The largest absolute Gasteiger partial charge is 0.381 e. The van der Waals surface area contributed by atoms with Crippen LogP contribution in [0.5, 0.6) is 0 Å². The fourth-order valence-corrected chi connectivity index (χ4v) is 3.26. The molecule has 0 saturated carbocycles. The Hall–Kier alpha value is -1.76. The van der Waals surface area contributed by atoms with Crippen LogP contribution in [0, 0.1) is 0 Å². The third kappa shape index (κ3) is 4.20. The van der Waals surface area contributed by atoms with Crippen LogP contribution < -0.4 is 10.6 Å². The zero-order valence-corrected chi connectivity index (χ0v) is 14.7. The van der Waals surface area contributed by atoms with Gasteiger partial charge in [0.25, 0.3) is 0 Å². The third-order valence-corrected chi connectivity index (χ3v) is 4.75. The first-order valence-corrected chi connectivity index (χ1v) is 8.62. The SMILES string of the molecule is S=C(NCC1(c2cccc(Cl)c2)CCOCC1)Nc1ncccn1. The van der Waals surface area contributed by atoms with Gasteiger partial charge in [-0.15, -0.1) is 0 Å². The topological polar surface area (TPSA) is 59.1 Å². The highest BCUT2D eigenvalue weighted by Gasteiger charge is 2.34. The Labute approximate surface area is 151 Å². The van der Waals surface area contributed by atoms with E-state index in [0.29, 0.717) is 17.6 Å². The number of thiocarbonyl (C=S) groups is 1. The van der Waals surface area contributed by atoms with Crippen molar-refractivity contribution in [2.45, 2.75) is 18.3 Å². The van der Waals surface area contributed by atoms with Gasteiger partial charge >= 0.3 is 0 Å². The molecular formula is C17H19ClN4OS. The average molecular weight is 363 g/mol. The second kappa shape index (κ2) is 7.88. The smallest absolute Gasteiger partial charge is 0.228 e. The van der Waals surface area contributed by atoms with Gasteiger partial charge in [0.05, 0.1) is 0 Å². The van der Waals surface area contributed by atoms with Gasteiger partial charge in [0.1, 0.15) is 0 Å². The first-order chi connectivity index (χ1) is 11.7. The second-order valence-electron chi connectivity index (χ2n) is 5.78. The second-order valence-corrected chi connectivity index (χ2v) is 6.63. The molecule has 0 unspecified atom stereocenters. The maximum atomic E-state index is 6.19. The van der Waals surface area contributed by atoms with Gasteiger partial charge < -0.3 is 15.4 Å². The molecule has 2 aromatic rings. The van der Waals surface area contributed by atoms with E-state index in [9.17, 15) is 0 Å². The Balaban J connectivity index is 1.70. The number of halogens is 1. The Kier molecular flexibility index (Phi) is 5.60. The van der Waals surface area contributed by atoms with E-state index in [2.05, 4.69) is 26.7 Å². The number of hydrogen-bond donors (Lipinski definition) is 2. The van der Waals surface area contributed by atoms with Crippen molar-refractivity contribution in [3.8, 4) is 0 Å². The summed E-state index contributed by atoms with van der Waals surface area (Å²) in [6.45, 7) is 2.17. The molecule has 24 heavy (non-hydrogen) atoms. The van der Waals surface area contributed by atoms with E-state index in [4.69, 9.17) is 28.6 Å². The first kappa shape index (κ1) is 17.1. The van der Waals surface area contributed by atoms with Crippen molar-refractivity contribution >= 4 is 34.9 Å². The van der Waals surface area contributed by atoms with E-state index >= 15 is 0 Å². The van der Waals surface area contributed by atoms with Crippen LogP contribution in [0.15, 0.2) is 42.7 Å². The molecule has 0 spiro atoms. The molecule has 5 nitrogen and oxygen atoms in total. The average Bonchev–Trinajstić information content (AvgIpc) is 2.62. The van der Waals surface area contributed by atoms with Gasteiger partial charge in [0, 0.05) is 42.6 Å². The minimum Gasteiger partial charge on any atom is -0.381 e. The molecule has 0 atom stereocenters. The molecule has 126 valence electrons. The number of nitrogens with one attached hydrogen (secondary N) is 2. The third-order valence-electron chi connectivity index (χ3n) is 4.27. The van der Waals surface area contributed by atoms with Crippen LogP contribution in [0.3, 0.4) is 0 Å². The van der Waals surface area contributed by atoms with E-state index in [0.717, 1.165) is 31.1 Å². The van der Waals surface area contributed by atoms with Gasteiger partial charge in [-0.25, -0.2) is 9.97 Å². The molecule has 0 bridgehead atoms. The number of rotatable bonds is 4. The molecule has 2 heterocycles. The molecule has 0 radical (unpaired) electrons. The van der Waals surface area contributed by atoms with E-state index in [-0.39, 0.29) is 5.41 Å². The molecule has 0 amide bonds. The molecule has 1 aromatic carbocycles. The normalized spacial score (nSPS) is 16.4. The van der Waals surface area contributed by atoms with E-state index in [1.807, 2.05) is 18.2 Å². The first-order valence-electron chi connectivity index (χ1n) is 7.84. The summed E-state index contributed by atoms with van der Waals surface area (Å²) < 4.78 is 5.55. The van der Waals surface area contributed by atoms with E-state index in [1.165, 1.54) is 5.56 Å². The highest BCUT2D eigenvalue weighted by Crippen LogP contribution is 2.35. The van der Waals surface area contributed by atoms with Crippen molar-refractivity contribution < 1.29 is 4.74 Å². The minimum atomic E-state index is -0.0492. The maximum Gasteiger partial charge on any atom is 0.228 e. The molecule has 1 aliphatic rings. The summed E-state index contributed by atoms with van der Waals surface area (Å²) in [5.74, 6) is 0.485.